The predicted octanol–water partition coefficient (Wildman–Crippen LogP) is 3.38. The molecule has 1 amide bonds. The summed E-state index contributed by atoms with van der Waals surface area (Å²) in [4.78, 5) is 27.0. The van der Waals surface area contributed by atoms with Gasteiger partial charge >= 0.3 is 0 Å². The fraction of sp³-hybridized carbons (Fsp3) is 0.0588. The van der Waals surface area contributed by atoms with Crippen LogP contribution >= 0.6 is 0 Å². The van der Waals surface area contributed by atoms with Gasteiger partial charge in [0.2, 0.25) is 5.91 Å². The van der Waals surface area contributed by atoms with Crippen molar-refractivity contribution in [1.29, 1.82) is 0 Å². The van der Waals surface area contributed by atoms with Crippen molar-refractivity contribution in [3.05, 3.63) is 66.4 Å². The number of hydrogen-bond donors (Lipinski definition) is 2. The van der Waals surface area contributed by atoms with E-state index in [2.05, 4.69) is 10.3 Å². The van der Waals surface area contributed by atoms with Crippen molar-refractivity contribution in [2.24, 2.45) is 0 Å². The zero-order chi connectivity index (χ0) is 14.7. The first-order valence-electron chi connectivity index (χ1n) is 6.67. The Labute approximate surface area is 121 Å². The van der Waals surface area contributed by atoms with E-state index in [-0.39, 0.29) is 18.1 Å². The minimum atomic E-state index is -0.307. The fourth-order valence-corrected chi connectivity index (χ4v) is 2.21. The number of carbonyl (C=O) groups is 2. The number of nitrogens with one attached hydrogen (secondary N) is 2. The number of H-pyrrole nitrogens is 1. The van der Waals surface area contributed by atoms with Crippen molar-refractivity contribution in [3.8, 4) is 0 Å². The molecule has 1 heterocycles. The maximum absolute atomic E-state index is 12.0. The van der Waals surface area contributed by atoms with Crippen LogP contribution in [0.3, 0.4) is 0 Å². The van der Waals surface area contributed by atoms with Crippen molar-refractivity contribution < 1.29 is 9.59 Å². The number of benzene rings is 2. The highest BCUT2D eigenvalue weighted by Gasteiger charge is 2.11. The topological polar surface area (TPSA) is 62.0 Å². The summed E-state index contributed by atoms with van der Waals surface area (Å²) in [5.41, 5.74) is 2.25. The van der Waals surface area contributed by atoms with E-state index in [1.165, 1.54) is 0 Å². The molecule has 21 heavy (non-hydrogen) atoms. The standard InChI is InChI=1S/C17H14N2O2/c20-16(12-4-2-1-3-5-12)11-17(21)19-14-6-7-15-13(10-14)8-9-18-15/h1-10,18H,11H2,(H,19,21). The Kier molecular flexibility index (Phi) is 3.51. The lowest BCUT2D eigenvalue weighted by molar-refractivity contribution is -0.115. The molecule has 104 valence electrons. The third kappa shape index (κ3) is 3.00. The van der Waals surface area contributed by atoms with E-state index >= 15 is 0 Å². The third-order valence-corrected chi connectivity index (χ3v) is 3.25. The minimum absolute atomic E-state index is 0.158. The lowest BCUT2D eigenvalue weighted by Gasteiger charge is -2.05. The molecular weight excluding hydrogens is 264 g/mol. The molecular formula is C17H14N2O2. The molecule has 1 aromatic heterocycles. The van der Waals surface area contributed by atoms with Crippen molar-refractivity contribution in [2.75, 3.05) is 5.32 Å². The molecule has 4 nitrogen and oxygen atoms in total. The number of ketones is 1. The first-order chi connectivity index (χ1) is 10.2. The van der Waals surface area contributed by atoms with Gasteiger partial charge in [0.05, 0.1) is 6.42 Å². The number of aromatic nitrogens is 1. The molecule has 2 aromatic carbocycles. The van der Waals surface area contributed by atoms with Gasteiger partial charge in [-0.05, 0) is 24.3 Å². The summed E-state index contributed by atoms with van der Waals surface area (Å²) in [6, 6.07) is 16.3. The van der Waals surface area contributed by atoms with E-state index in [0.717, 1.165) is 10.9 Å². The van der Waals surface area contributed by atoms with Crippen LogP contribution in [0.2, 0.25) is 0 Å². The van der Waals surface area contributed by atoms with Crippen LogP contribution in [0.15, 0.2) is 60.8 Å². The molecule has 0 saturated carbocycles. The Morgan fingerprint density at radius 3 is 2.62 bits per heavy atom. The van der Waals surface area contributed by atoms with Crippen molar-refractivity contribution in [1.82, 2.24) is 4.98 Å². The maximum Gasteiger partial charge on any atom is 0.232 e. The molecule has 0 spiro atoms. The second-order valence-electron chi connectivity index (χ2n) is 4.79. The lowest BCUT2D eigenvalue weighted by atomic mass is 10.1. The van der Waals surface area contributed by atoms with E-state index < -0.39 is 0 Å². The monoisotopic (exact) mass is 278 g/mol. The van der Waals surface area contributed by atoms with Crippen LogP contribution < -0.4 is 5.32 Å². The number of carbonyl (C=O) groups excluding carboxylic acids is 2. The summed E-state index contributed by atoms with van der Waals surface area (Å²) in [7, 11) is 0. The van der Waals surface area contributed by atoms with Crippen molar-refractivity contribution in [2.45, 2.75) is 6.42 Å². The summed E-state index contributed by atoms with van der Waals surface area (Å²) in [6.45, 7) is 0. The Hall–Kier alpha value is -2.88. The van der Waals surface area contributed by atoms with Gasteiger partial charge in [0.15, 0.2) is 5.78 Å². The Morgan fingerprint density at radius 2 is 1.81 bits per heavy atom. The maximum atomic E-state index is 12.0. The normalized spacial score (nSPS) is 10.5. The number of rotatable bonds is 4. The van der Waals surface area contributed by atoms with Gasteiger partial charge in [-0.2, -0.15) is 0 Å². The third-order valence-electron chi connectivity index (χ3n) is 3.25. The van der Waals surface area contributed by atoms with Crippen LogP contribution in [0.4, 0.5) is 5.69 Å². The van der Waals surface area contributed by atoms with Crippen LogP contribution in [0, 0.1) is 0 Å². The van der Waals surface area contributed by atoms with Gasteiger partial charge in [-0.3, -0.25) is 9.59 Å². The van der Waals surface area contributed by atoms with E-state index in [4.69, 9.17) is 0 Å². The molecule has 2 N–H and O–H groups in total. The van der Waals surface area contributed by atoms with Gasteiger partial charge in [0.25, 0.3) is 0 Å². The second kappa shape index (κ2) is 5.63. The van der Waals surface area contributed by atoms with Crippen LogP contribution in [-0.2, 0) is 4.79 Å². The molecule has 3 rings (SSSR count). The number of fused-ring (bicyclic) bond motifs is 1. The quantitative estimate of drug-likeness (QED) is 0.567. The molecule has 0 radical (unpaired) electrons. The Morgan fingerprint density at radius 1 is 1.00 bits per heavy atom. The van der Waals surface area contributed by atoms with Gasteiger partial charge < -0.3 is 10.3 Å². The zero-order valence-electron chi connectivity index (χ0n) is 11.3. The lowest BCUT2D eigenvalue weighted by Crippen LogP contribution is -2.16. The Bertz CT molecular complexity index is 791. The number of hydrogen-bond acceptors (Lipinski definition) is 2. The van der Waals surface area contributed by atoms with Crippen LogP contribution in [-0.4, -0.2) is 16.7 Å². The molecule has 4 heteroatoms. The largest absolute Gasteiger partial charge is 0.361 e. The minimum Gasteiger partial charge on any atom is -0.361 e. The van der Waals surface area contributed by atoms with Crippen LogP contribution in [0.5, 0.6) is 0 Å². The first-order valence-corrected chi connectivity index (χ1v) is 6.67. The molecule has 0 aliphatic carbocycles. The summed E-state index contributed by atoms with van der Waals surface area (Å²) in [5.74, 6) is -0.491. The number of aromatic amines is 1. The van der Waals surface area contributed by atoms with Crippen LogP contribution in [0.25, 0.3) is 10.9 Å². The Balaban J connectivity index is 1.67. The predicted molar refractivity (Wildman–Crippen MR) is 82.3 cm³/mol. The summed E-state index contributed by atoms with van der Waals surface area (Å²) in [6.07, 6.45) is 1.68. The molecule has 3 aromatic rings. The summed E-state index contributed by atoms with van der Waals surface area (Å²) >= 11 is 0. The molecule has 0 saturated heterocycles. The molecule has 0 atom stereocenters. The zero-order valence-corrected chi connectivity index (χ0v) is 11.3. The van der Waals surface area contributed by atoms with Gasteiger partial charge in [-0.25, -0.2) is 0 Å². The van der Waals surface area contributed by atoms with Gasteiger partial charge in [0, 0.05) is 28.4 Å². The molecule has 0 bridgehead atoms. The van der Waals surface area contributed by atoms with Crippen molar-refractivity contribution in [3.63, 3.8) is 0 Å². The SMILES string of the molecule is O=C(CC(=O)c1ccccc1)Nc1ccc2[nH]ccc2c1. The average molecular weight is 278 g/mol. The van der Waals surface area contributed by atoms with Gasteiger partial charge in [-0.15, -0.1) is 0 Å². The number of amides is 1. The highest BCUT2D eigenvalue weighted by molar-refractivity contribution is 6.11. The molecule has 0 aliphatic rings. The highest BCUT2D eigenvalue weighted by Crippen LogP contribution is 2.18. The smallest absolute Gasteiger partial charge is 0.232 e. The van der Waals surface area contributed by atoms with E-state index in [1.54, 1.807) is 24.3 Å². The van der Waals surface area contributed by atoms with Crippen LogP contribution in [0.1, 0.15) is 16.8 Å². The van der Waals surface area contributed by atoms with Gasteiger partial charge in [0.1, 0.15) is 0 Å². The van der Waals surface area contributed by atoms with Gasteiger partial charge in [-0.1, -0.05) is 30.3 Å². The fourth-order valence-electron chi connectivity index (χ4n) is 2.21. The van der Waals surface area contributed by atoms with E-state index in [9.17, 15) is 9.59 Å². The number of anilines is 1. The van der Waals surface area contributed by atoms with Crippen molar-refractivity contribution >= 4 is 28.3 Å². The summed E-state index contributed by atoms with van der Waals surface area (Å²) < 4.78 is 0. The highest BCUT2D eigenvalue weighted by atomic mass is 16.2. The average Bonchev–Trinajstić information content (AvgIpc) is 2.95. The molecule has 0 aliphatic heterocycles. The first kappa shape index (κ1) is 13.1. The number of Topliss-reactive ketones (excluding diaryl/α,β-unsaturated/α-hetero) is 1. The van der Waals surface area contributed by atoms with E-state index in [1.807, 2.05) is 36.5 Å². The second-order valence-corrected chi connectivity index (χ2v) is 4.79. The van der Waals surface area contributed by atoms with E-state index in [0.29, 0.717) is 11.3 Å². The summed E-state index contributed by atoms with van der Waals surface area (Å²) in [5, 5.41) is 3.77. The molecule has 0 unspecified atom stereocenters. The molecule has 0 fully saturated rings.